The van der Waals surface area contributed by atoms with Crippen molar-refractivity contribution in [3.05, 3.63) is 107 Å². The minimum Gasteiger partial charge on any atom is -0.0622 e. The van der Waals surface area contributed by atoms with Gasteiger partial charge in [-0.1, -0.05) is 72.5 Å². The van der Waals surface area contributed by atoms with Crippen molar-refractivity contribution >= 4 is 40.8 Å². The van der Waals surface area contributed by atoms with E-state index in [1.807, 2.05) is 60.7 Å². The van der Waals surface area contributed by atoms with E-state index in [1.165, 1.54) is 0 Å². The molecule has 0 bridgehead atoms. The van der Waals surface area contributed by atoms with E-state index >= 15 is 0 Å². The lowest BCUT2D eigenvalue weighted by molar-refractivity contribution is 1.59. The zero-order chi connectivity index (χ0) is 16.8. The second-order valence-corrected chi connectivity index (χ2v) is 6.77. The van der Waals surface area contributed by atoms with E-state index in [2.05, 4.69) is 68.0 Å². The predicted octanol–water partition coefficient (Wildman–Crippen LogP) is 6.70. The molecule has 0 amide bonds. The summed E-state index contributed by atoms with van der Waals surface area (Å²) in [5, 5.41) is 0. The summed E-state index contributed by atoms with van der Waals surface area (Å²) in [6.45, 7) is 0. The zero-order valence-corrected chi connectivity index (χ0v) is 16.0. The summed E-state index contributed by atoms with van der Waals surface area (Å²) in [7, 11) is 0. The molecule has 0 unspecified atom stereocenters. The van der Waals surface area contributed by atoms with E-state index in [0.29, 0.717) is 0 Å². The molecular weight excluding hydrogens is 424 g/mol. The Kier molecular flexibility index (Phi) is 5.69. The smallest absolute Gasteiger partial charge is 0.0395 e. The van der Waals surface area contributed by atoms with Gasteiger partial charge in [0.25, 0.3) is 0 Å². The molecule has 0 saturated heterocycles. The first-order valence-corrected chi connectivity index (χ1v) is 9.11. The molecule has 0 aliphatic rings. The third kappa shape index (κ3) is 4.26. The van der Waals surface area contributed by atoms with Gasteiger partial charge in [0.1, 0.15) is 0 Å². The van der Waals surface area contributed by atoms with Crippen molar-refractivity contribution in [2.45, 2.75) is 0 Å². The second kappa shape index (κ2) is 8.15. The van der Waals surface area contributed by atoms with Crippen molar-refractivity contribution in [1.82, 2.24) is 0 Å². The largest absolute Gasteiger partial charge is 0.0622 e. The van der Waals surface area contributed by atoms with Gasteiger partial charge < -0.3 is 0 Å². The minimum absolute atomic E-state index is 0.999. The first-order valence-electron chi connectivity index (χ1n) is 7.52. The fourth-order valence-electron chi connectivity index (χ4n) is 2.20. The first-order chi connectivity index (χ1) is 11.7. The average Bonchev–Trinajstić information content (AvgIpc) is 2.67. The number of rotatable bonds is 2. The highest BCUT2D eigenvalue weighted by molar-refractivity contribution is 9.18. The third-order valence-corrected chi connectivity index (χ3v) is 5.72. The lowest BCUT2D eigenvalue weighted by Gasteiger charge is -2.05. The molecule has 0 atom stereocenters. The molecule has 0 aliphatic heterocycles. The van der Waals surface area contributed by atoms with Gasteiger partial charge in [0.2, 0.25) is 0 Å². The molecule has 24 heavy (non-hydrogen) atoms. The Morgan fingerprint density at radius 2 is 0.917 bits per heavy atom. The van der Waals surface area contributed by atoms with Crippen molar-refractivity contribution in [1.29, 1.82) is 0 Å². The Labute approximate surface area is 159 Å². The van der Waals surface area contributed by atoms with Crippen LogP contribution in [0.25, 0.3) is 8.96 Å². The number of halogens is 2. The summed E-state index contributed by atoms with van der Waals surface area (Å²) >= 11 is 7.36. The Bertz CT molecular complexity index is 897. The highest BCUT2D eigenvalue weighted by atomic mass is 79.9. The molecule has 0 radical (unpaired) electrons. The van der Waals surface area contributed by atoms with Crippen LogP contribution in [0.1, 0.15) is 22.3 Å². The summed E-state index contributed by atoms with van der Waals surface area (Å²) in [5.74, 6) is 6.37. The van der Waals surface area contributed by atoms with Crippen molar-refractivity contribution in [3.63, 3.8) is 0 Å². The molecule has 2 heteroatoms. The van der Waals surface area contributed by atoms with Gasteiger partial charge in [0.15, 0.2) is 0 Å². The SMILES string of the molecule is Br/C(=C(/Br)c1ccc(C#Cc2ccccc2)cc1)c1ccccc1. The molecule has 116 valence electrons. The topological polar surface area (TPSA) is 0 Å². The predicted molar refractivity (Wildman–Crippen MR) is 110 cm³/mol. The van der Waals surface area contributed by atoms with Crippen LogP contribution in [0.4, 0.5) is 0 Å². The molecule has 0 saturated carbocycles. The average molecular weight is 438 g/mol. The number of hydrogen-bond donors (Lipinski definition) is 0. The molecule has 0 nitrogen and oxygen atoms in total. The summed E-state index contributed by atoms with van der Waals surface area (Å²) in [6.07, 6.45) is 0. The highest BCUT2D eigenvalue weighted by Crippen LogP contribution is 2.35. The summed E-state index contributed by atoms with van der Waals surface area (Å²) in [4.78, 5) is 0. The van der Waals surface area contributed by atoms with Gasteiger partial charge in [0, 0.05) is 20.1 Å². The maximum Gasteiger partial charge on any atom is 0.0395 e. The Hall–Kier alpha value is -2.08. The van der Waals surface area contributed by atoms with Crippen LogP contribution in [0.3, 0.4) is 0 Å². The number of hydrogen-bond acceptors (Lipinski definition) is 0. The van der Waals surface area contributed by atoms with Crippen LogP contribution in [0.5, 0.6) is 0 Å². The van der Waals surface area contributed by atoms with E-state index in [9.17, 15) is 0 Å². The molecule has 0 N–H and O–H groups in total. The van der Waals surface area contributed by atoms with Gasteiger partial charge in [-0.05, 0) is 67.3 Å². The quantitative estimate of drug-likeness (QED) is 0.309. The van der Waals surface area contributed by atoms with Crippen molar-refractivity contribution < 1.29 is 0 Å². The summed E-state index contributed by atoms with van der Waals surface area (Å²) in [6, 6.07) is 28.4. The van der Waals surface area contributed by atoms with Crippen LogP contribution in [0.15, 0.2) is 84.9 Å². The Balaban J connectivity index is 1.83. The van der Waals surface area contributed by atoms with Crippen LogP contribution in [-0.4, -0.2) is 0 Å². The number of benzene rings is 3. The van der Waals surface area contributed by atoms with E-state index in [0.717, 1.165) is 31.2 Å². The van der Waals surface area contributed by atoms with E-state index in [1.54, 1.807) is 0 Å². The molecule has 0 spiro atoms. The van der Waals surface area contributed by atoms with Gasteiger partial charge in [-0.3, -0.25) is 0 Å². The lowest BCUT2D eigenvalue weighted by atomic mass is 10.1. The van der Waals surface area contributed by atoms with Crippen LogP contribution in [0.2, 0.25) is 0 Å². The molecule has 3 aromatic carbocycles. The molecular formula is C22H14Br2. The second-order valence-electron chi connectivity index (χ2n) is 5.19. The van der Waals surface area contributed by atoms with E-state index in [-0.39, 0.29) is 0 Å². The lowest BCUT2D eigenvalue weighted by Crippen LogP contribution is -1.83. The molecule has 3 rings (SSSR count). The van der Waals surface area contributed by atoms with Crippen molar-refractivity contribution in [3.8, 4) is 11.8 Å². The van der Waals surface area contributed by atoms with Crippen molar-refractivity contribution in [2.75, 3.05) is 0 Å². The van der Waals surface area contributed by atoms with Gasteiger partial charge in [-0.25, -0.2) is 0 Å². The third-order valence-electron chi connectivity index (χ3n) is 3.48. The Morgan fingerprint density at radius 3 is 1.46 bits per heavy atom. The summed E-state index contributed by atoms with van der Waals surface area (Å²) in [5.41, 5.74) is 4.27. The van der Waals surface area contributed by atoms with Gasteiger partial charge in [-0.15, -0.1) is 0 Å². The van der Waals surface area contributed by atoms with E-state index < -0.39 is 0 Å². The molecule has 0 heterocycles. The zero-order valence-electron chi connectivity index (χ0n) is 12.8. The van der Waals surface area contributed by atoms with Crippen LogP contribution in [0, 0.1) is 11.8 Å². The normalized spacial score (nSPS) is 11.2. The van der Waals surface area contributed by atoms with Crippen LogP contribution < -0.4 is 0 Å². The van der Waals surface area contributed by atoms with Gasteiger partial charge >= 0.3 is 0 Å². The maximum atomic E-state index is 3.69. The van der Waals surface area contributed by atoms with Gasteiger partial charge in [0.05, 0.1) is 0 Å². The summed E-state index contributed by atoms with van der Waals surface area (Å²) < 4.78 is 2.06. The maximum absolute atomic E-state index is 3.69. The van der Waals surface area contributed by atoms with Crippen molar-refractivity contribution in [2.24, 2.45) is 0 Å². The fraction of sp³-hybridized carbons (Fsp3) is 0. The fourth-order valence-corrected chi connectivity index (χ4v) is 3.19. The molecule has 0 aromatic heterocycles. The highest BCUT2D eigenvalue weighted by Gasteiger charge is 2.06. The van der Waals surface area contributed by atoms with Gasteiger partial charge in [-0.2, -0.15) is 0 Å². The standard InChI is InChI=1S/C22H14Br2/c23-21(19-9-5-2-6-10-19)22(24)20-15-13-18(14-16-20)12-11-17-7-3-1-4-8-17/h1-10,13-16H/b22-21+. The van der Waals surface area contributed by atoms with Crippen LogP contribution in [-0.2, 0) is 0 Å². The monoisotopic (exact) mass is 436 g/mol. The molecule has 0 fully saturated rings. The molecule has 3 aromatic rings. The minimum atomic E-state index is 0.999. The van der Waals surface area contributed by atoms with Crippen LogP contribution >= 0.6 is 31.9 Å². The Morgan fingerprint density at radius 1 is 0.500 bits per heavy atom. The molecule has 0 aliphatic carbocycles. The first kappa shape index (κ1) is 16.8. The van der Waals surface area contributed by atoms with E-state index in [4.69, 9.17) is 0 Å².